The summed E-state index contributed by atoms with van der Waals surface area (Å²) in [5.41, 5.74) is 6.46. The topological polar surface area (TPSA) is 29.3 Å². The number of hydrogen-bond donors (Lipinski definition) is 1. The fraction of sp³-hybridized carbons (Fsp3) is 1.00. The zero-order valence-electron chi connectivity index (χ0n) is 9.63. The molecule has 2 rings (SSSR count). The molecular weight excluding hydrogens is 172 g/mol. The minimum Gasteiger partial charge on any atom is -0.328 e. The smallest absolute Gasteiger partial charge is 0.0125 e. The van der Waals surface area contributed by atoms with Crippen molar-refractivity contribution in [1.82, 2.24) is 4.90 Å². The van der Waals surface area contributed by atoms with Crippen molar-refractivity contribution in [2.75, 3.05) is 13.1 Å². The lowest BCUT2D eigenvalue weighted by molar-refractivity contribution is 0.0414. The van der Waals surface area contributed by atoms with Crippen LogP contribution in [0.25, 0.3) is 0 Å². The molecule has 2 N–H and O–H groups in total. The number of rotatable bonds is 2. The van der Waals surface area contributed by atoms with Crippen molar-refractivity contribution < 1.29 is 0 Å². The Balaban J connectivity index is 1.79. The molecule has 0 aromatic heterocycles. The molecular formula is C12H24N2. The first kappa shape index (κ1) is 10.4. The first-order valence-corrected chi connectivity index (χ1v) is 6.12. The predicted molar refractivity (Wildman–Crippen MR) is 60.2 cm³/mol. The molecule has 1 saturated carbocycles. The normalized spacial score (nSPS) is 37.9. The molecule has 0 atom stereocenters. The number of nitrogens with two attached hydrogens (primary N) is 1. The first-order chi connectivity index (χ1) is 6.63. The van der Waals surface area contributed by atoms with E-state index < -0.39 is 0 Å². The van der Waals surface area contributed by atoms with Gasteiger partial charge in [-0.15, -0.1) is 0 Å². The maximum absolute atomic E-state index is 5.83. The molecule has 0 radical (unpaired) electrons. The fourth-order valence-electron chi connectivity index (χ4n) is 2.71. The van der Waals surface area contributed by atoms with E-state index in [1.807, 2.05) is 0 Å². The van der Waals surface area contributed by atoms with E-state index in [0.717, 1.165) is 6.04 Å². The van der Waals surface area contributed by atoms with Crippen LogP contribution in [0.3, 0.4) is 0 Å². The van der Waals surface area contributed by atoms with Crippen molar-refractivity contribution in [3.8, 4) is 0 Å². The van der Waals surface area contributed by atoms with Gasteiger partial charge in [0, 0.05) is 12.1 Å². The van der Waals surface area contributed by atoms with Crippen LogP contribution in [0.2, 0.25) is 0 Å². The van der Waals surface area contributed by atoms with E-state index in [9.17, 15) is 0 Å². The Morgan fingerprint density at radius 2 is 1.86 bits per heavy atom. The molecule has 2 aliphatic rings. The summed E-state index contributed by atoms with van der Waals surface area (Å²) < 4.78 is 0. The summed E-state index contributed by atoms with van der Waals surface area (Å²) in [5.74, 6) is 0. The standard InChI is InChI=1S/C12H24N2/c1-3-12(2)4-6-14(7-5-12)11-8-10(13)9-11/h10-11H,3-9,13H2,1-2H3. The van der Waals surface area contributed by atoms with Gasteiger partial charge in [0.2, 0.25) is 0 Å². The molecule has 0 spiro atoms. The second-order valence-corrected chi connectivity index (χ2v) is 5.59. The predicted octanol–water partition coefficient (Wildman–Crippen LogP) is 1.99. The Hall–Kier alpha value is -0.0800. The van der Waals surface area contributed by atoms with Crippen molar-refractivity contribution in [2.45, 2.75) is 58.0 Å². The minimum absolute atomic E-state index is 0.500. The zero-order valence-corrected chi connectivity index (χ0v) is 9.63. The molecule has 0 aromatic rings. The highest BCUT2D eigenvalue weighted by molar-refractivity contribution is 4.93. The van der Waals surface area contributed by atoms with Gasteiger partial charge in [-0.3, -0.25) is 0 Å². The molecule has 1 saturated heterocycles. The van der Waals surface area contributed by atoms with Crippen LogP contribution < -0.4 is 5.73 Å². The van der Waals surface area contributed by atoms with Gasteiger partial charge in [0.05, 0.1) is 0 Å². The summed E-state index contributed by atoms with van der Waals surface area (Å²) in [6.45, 7) is 7.38. The van der Waals surface area contributed by atoms with E-state index in [1.165, 1.54) is 45.2 Å². The van der Waals surface area contributed by atoms with Crippen LogP contribution in [0.1, 0.15) is 46.0 Å². The summed E-state index contributed by atoms with van der Waals surface area (Å²) in [6.07, 6.45) is 6.58. The monoisotopic (exact) mass is 196 g/mol. The lowest BCUT2D eigenvalue weighted by Gasteiger charge is -2.47. The maximum atomic E-state index is 5.83. The van der Waals surface area contributed by atoms with Crippen molar-refractivity contribution in [3.05, 3.63) is 0 Å². The number of nitrogens with zero attached hydrogens (tertiary/aromatic N) is 1. The van der Waals surface area contributed by atoms with Crippen LogP contribution in [0.5, 0.6) is 0 Å². The van der Waals surface area contributed by atoms with E-state index in [4.69, 9.17) is 5.73 Å². The summed E-state index contributed by atoms with van der Waals surface area (Å²) in [6, 6.07) is 1.32. The summed E-state index contributed by atoms with van der Waals surface area (Å²) in [7, 11) is 0. The van der Waals surface area contributed by atoms with Crippen molar-refractivity contribution >= 4 is 0 Å². The van der Waals surface area contributed by atoms with Crippen LogP contribution in [-0.4, -0.2) is 30.1 Å². The van der Waals surface area contributed by atoms with Gasteiger partial charge in [-0.2, -0.15) is 0 Å². The van der Waals surface area contributed by atoms with Gasteiger partial charge in [0.1, 0.15) is 0 Å². The van der Waals surface area contributed by atoms with E-state index >= 15 is 0 Å². The minimum atomic E-state index is 0.500. The van der Waals surface area contributed by atoms with E-state index in [0.29, 0.717) is 11.5 Å². The number of hydrogen-bond acceptors (Lipinski definition) is 2. The summed E-state index contributed by atoms with van der Waals surface area (Å²) >= 11 is 0. The Labute approximate surface area is 87.8 Å². The van der Waals surface area contributed by atoms with Crippen LogP contribution in [0.15, 0.2) is 0 Å². The molecule has 14 heavy (non-hydrogen) atoms. The molecule has 0 amide bonds. The highest BCUT2D eigenvalue weighted by Gasteiger charge is 2.36. The Morgan fingerprint density at radius 1 is 1.29 bits per heavy atom. The highest BCUT2D eigenvalue weighted by Crippen LogP contribution is 2.36. The van der Waals surface area contributed by atoms with Gasteiger partial charge in [-0.25, -0.2) is 0 Å². The average molecular weight is 196 g/mol. The Morgan fingerprint density at radius 3 is 2.29 bits per heavy atom. The molecule has 2 heteroatoms. The third-order valence-electron chi connectivity index (χ3n) is 4.52. The lowest BCUT2D eigenvalue weighted by Crippen LogP contribution is -2.53. The summed E-state index contributed by atoms with van der Waals surface area (Å²) in [5, 5.41) is 0. The quantitative estimate of drug-likeness (QED) is 0.732. The molecule has 2 nitrogen and oxygen atoms in total. The highest BCUT2D eigenvalue weighted by atomic mass is 15.2. The second-order valence-electron chi connectivity index (χ2n) is 5.59. The third-order valence-corrected chi connectivity index (χ3v) is 4.52. The zero-order chi connectivity index (χ0) is 10.2. The molecule has 0 unspecified atom stereocenters. The lowest BCUT2D eigenvalue weighted by atomic mass is 9.76. The molecule has 0 bridgehead atoms. The van der Waals surface area contributed by atoms with Gasteiger partial charge < -0.3 is 10.6 Å². The Kier molecular flexibility index (Phi) is 2.85. The molecule has 1 heterocycles. The van der Waals surface area contributed by atoms with Gasteiger partial charge >= 0.3 is 0 Å². The fourth-order valence-corrected chi connectivity index (χ4v) is 2.71. The Bertz CT molecular complexity index is 188. The third kappa shape index (κ3) is 1.96. The van der Waals surface area contributed by atoms with E-state index in [-0.39, 0.29) is 0 Å². The van der Waals surface area contributed by atoms with Crippen molar-refractivity contribution in [1.29, 1.82) is 0 Å². The number of likely N-dealkylation sites (tertiary alicyclic amines) is 1. The molecule has 1 aliphatic carbocycles. The van der Waals surface area contributed by atoms with Gasteiger partial charge in [-0.05, 0) is 44.2 Å². The van der Waals surface area contributed by atoms with Gasteiger partial charge in [-0.1, -0.05) is 20.3 Å². The van der Waals surface area contributed by atoms with Gasteiger partial charge in [0.25, 0.3) is 0 Å². The van der Waals surface area contributed by atoms with Crippen molar-refractivity contribution in [3.63, 3.8) is 0 Å². The van der Waals surface area contributed by atoms with Crippen LogP contribution >= 0.6 is 0 Å². The largest absolute Gasteiger partial charge is 0.328 e. The maximum Gasteiger partial charge on any atom is 0.0125 e. The molecule has 1 aliphatic heterocycles. The van der Waals surface area contributed by atoms with Crippen LogP contribution in [0, 0.1) is 5.41 Å². The van der Waals surface area contributed by atoms with Crippen LogP contribution in [-0.2, 0) is 0 Å². The van der Waals surface area contributed by atoms with E-state index in [2.05, 4.69) is 18.7 Å². The molecule has 82 valence electrons. The van der Waals surface area contributed by atoms with E-state index in [1.54, 1.807) is 0 Å². The van der Waals surface area contributed by atoms with Crippen LogP contribution in [0.4, 0.5) is 0 Å². The van der Waals surface area contributed by atoms with Gasteiger partial charge in [0.15, 0.2) is 0 Å². The molecule has 2 fully saturated rings. The SMILES string of the molecule is CCC1(C)CCN(C2CC(N)C2)CC1. The first-order valence-electron chi connectivity index (χ1n) is 6.12. The number of piperidine rings is 1. The van der Waals surface area contributed by atoms with Crippen molar-refractivity contribution in [2.24, 2.45) is 11.1 Å². The average Bonchev–Trinajstić information content (AvgIpc) is 2.15. The molecule has 0 aromatic carbocycles. The second kappa shape index (κ2) is 3.82. The summed E-state index contributed by atoms with van der Waals surface area (Å²) in [4.78, 5) is 2.67.